The maximum Gasteiger partial charge on any atom is 0.350 e. The summed E-state index contributed by atoms with van der Waals surface area (Å²) in [5.41, 5.74) is 0.972. The molecule has 0 saturated carbocycles. The number of ether oxygens (including phenoxy) is 2. The van der Waals surface area contributed by atoms with Gasteiger partial charge in [-0.15, -0.1) is 11.3 Å². The highest BCUT2D eigenvalue weighted by molar-refractivity contribution is 7.21. The summed E-state index contributed by atoms with van der Waals surface area (Å²) in [6.07, 6.45) is 2.06. The van der Waals surface area contributed by atoms with Gasteiger partial charge in [0.2, 0.25) is 0 Å². The Labute approximate surface area is 161 Å². The van der Waals surface area contributed by atoms with E-state index >= 15 is 0 Å². The monoisotopic (exact) mass is 383 g/mol. The number of anilines is 1. The first-order valence-corrected chi connectivity index (χ1v) is 9.59. The minimum absolute atomic E-state index is 0.288. The molecule has 1 heterocycles. The SMILES string of the molecule is CCCCOc1ccc(C(=O)Nc2c(C(=O)OC)sc3ccccc23)cc1. The maximum absolute atomic E-state index is 12.7. The van der Waals surface area contributed by atoms with E-state index in [1.807, 2.05) is 24.3 Å². The Kier molecular flexibility index (Phi) is 6.08. The number of methoxy groups -OCH3 is 1. The number of hydrogen-bond donors (Lipinski definition) is 1. The lowest BCUT2D eigenvalue weighted by atomic mass is 10.1. The predicted octanol–water partition coefficient (Wildman–Crippen LogP) is 5.12. The molecular formula is C21H21NO4S. The first kappa shape index (κ1) is 18.9. The zero-order valence-corrected chi connectivity index (χ0v) is 16.1. The van der Waals surface area contributed by atoms with Gasteiger partial charge < -0.3 is 14.8 Å². The highest BCUT2D eigenvalue weighted by Gasteiger charge is 2.21. The summed E-state index contributed by atoms with van der Waals surface area (Å²) in [6, 6.07) is 14.5. The van der Waals surface area contributed by atoms with Crippen LogP contribution in [0, 0.1) is 0 Å². The Morgan fingerprint density at radius 2 is 1.81 bits per heavy atom. The molecule has 0 unspecified atom stereocenters. The molecule has 1 aromatic heterocycles. The Morgan fingerprint density at radius 1 is 1.07 bits per heavy atom. The molecule has 0 bridgehead atoms. The molecule has 27 heavy (non-hydrogen) atoms. The fraction of sp³-hybridized carbons (Fsp3) is 0.238. The molecule has 140 valence electrons. The van der Waals surface area contributed by atoms with Crippen LogP contribution in [0.1, 0.15) is 39.8 Å². The van der Waals surface area contributed by atoms with Crippen LogP contribution in [0.4, 0.5) is 5.69 Å². The number of benzene rings is 2. The molecule has 1 N–H and O–H groups in total. The van der Waals surface area contributed by atoms with Gasteiger partial charge in [0.1, 0.15) is 10.6 Å². The van der Waals surface area contributed by atoms with E-state index in [0.29, 0.717) is 22.7 Å². The fourth-order valence-corrected chi connectivity index (χ4v) is 3.70. The van der Waals surface area contributed by atoms with Crippen molar-refractivity contribution in [3.8, 4) is 5.75 Å². The molecular weight excluding hydrogens is 362 g/mol. The summed E-state index contributed by atoms with van der Waals surface area (Å²) in [6.45, 7) is 2.76. The quantitative estimate of drug-likeness (QED) is 0.454. The average Bonchev–Trinajstić information content (AvgIpc) is 3.06. The van der Waals surface area contributed by atoms with Crippen molar-refractivity contribution in [1.82, 2.24) is 0 Å². The van der Waals surface area contributed by atoms with Gasteiger partial charge in [0.25, 0.3) is 5.91 Å². The van der Waals surface area contributed by atoms with Crippen molar-refractivity contribution in [3.63, 3.8) is 0 Å². The van der Waals surface area contributed by atoms with E-state index in [9.17, 15) is 9.59 Å². The Balaban J connectivity index is 1.82. The van der Waals surface area contributed by atoms with Crippen molar-refractivity contribution in [3.05, 3.63) is 59.0 Å². The van der Waals surface area contributed by atoms with Gasteiger partial charge in [0.05, 0.1) is 19.4 Å². The average molecular weight is 383 g/mol. The van der Waals surface area contributed by atoms with Crippen LogP contribution in [-0.2, 0) is 4.74 Å². The molecule has 5 nitrogen and oxygen atoms in total. The molecule has 0 fully saturated rings. The molecule has 0 aliphatic carbocycles. The number of unbranched alkanes of at least 4 members (excludes halogenated alkanes) is 1. The van der Waals surface area contributed by atoms with Crippen molar-refractivity contribution in [2.45, 2.75) is 19.8 Å². The molecule has 0 saturated heterocycles. The number of amides is 1. The van der Waals surface area contributed by atoms with Crippen LogP contribution in [0.25, 0.3) is 10.1 Å². The number of esters is 1. The zero-order chi connectivity index (χ0) is 19.2. The van der Waals surface area contributed by atoms with Gasteiger partial charge in [0, 0.05) is 15.6 Å². The number of carbonyl (C=O) groups excluding carboxylic acids is 2. The Hall–Kier alpha value is -2.86. The van der Waals surface area contributed by atoms with Crippen molar-refractivity contribution in [2.24, 2.45) is 0 Å². The van der Waals surface area contributed by atoms with E-state index in [1.54, 1.807) is 24.3 Å². The second-order valence-electron chi connectivity index (χ2n) is 5.97. The highest BCUT2D eigenvalue weighted by Crippen LogP contribution is 2.36. The van der Waals surface area contributed by atoms with Crippen LogP contribution in [-0.4, -0.2) is 25.6 Å². The standard InChI is InChI=1S/C21H21NO4S/c1-3-4-13-26-15-11-9-14(10-12-15)20(23)22-18-16-7-5-6-8-17(16)27-19(18)21(24)25-2/h5-12H,3-4,13H2,1-2H3,(H,22,23). The van der Waals surface area contributed by atoms with Gasteiger partial charge in [-0.2, -0.15) is 0 Å². The smallest absolute Gasteiger partial charge is 0.350 e. The third-order valence-electron chi connectivity index (χ3n) is 4.09. The molecule has 0 aliphatic rings. The Morgan fingerprint density at radius 3 is 2.52 bits per heavy atom. The molecule has 2 aromatic carbocycles. The van der Waals surface area contributed by atoms with E-state index in [1.165, 1.54) is 18.4 Å². The number of carbonyl (C=O) groups is 2. The highest BCUT2D eigenvalue weighted by atomic mass is 32.1. The summed E-state index contributed by atoms with van der Waals surface area (Å²) < 4.78 is 11.4. The van der Waals surface area contributed by atoms with Crippen molar-refractivity contribution >= 4 is 39.0 Å². The number of thiophene rings is 1. The summed E-state index contributed by atoms with van der Waals surface area (Å²) in [5.74, 6) is -0.0220. The second kappa shape index (κ2) is 8.68. The minimum Gasteiger partial charge on any atom is -0.494 e. The molecule has 1 amide bonds. The zero-order valence-electron chi connectivity index (χ0n) is 15.3. The minimum atomic E-state index is -0.467. The molecule has 3 aromatic rings. The number of hydrogen-bond acceptors (Lipinski definition) is 5. The lowest BCUT2D eigenvalue weighted by molar-refractivity contribution is 0.0607. The molecule has 0 atom stereocenters. The largest absolute Gasteiger partial charge is 0.494 e. The Bertz CT molecular complexity index is 946. The predicted molar refractivity (Wildman–Crippen MR) is 108 cm³/mol. The number of nitrogens with one attached hydrogen (secondary N) is 1. The van der Waals surface area contributed by atoms with Gasteiger partial charge >= 0.3 is 5.97 Å². The number of rotatable bonds is 7. The van der Waals surface area contributed by atoms with Gasteiger partial charge in [-0.3, -0.25) is 4.79 Å². The van der Waals surface area contributed by atoms with Crippen molar-refractivity contribution in [2.75, 3.05) is 19.0 Å². The summed E-state index contributed by atoms with van der Waals surface area (Å²) >= 11 is 1.30. The van der Waals surface area contributed by atoms with Crippen LogP contribution in [0.3, 0.4) is 0 Å². The molecule has 0 aliphatic heterocycles. The lowest BCUT2D eigenvalue weighted by Gasteiger charge is -2.08. The molecule has 0 spiro atoms. The van der Waals surface area contributed by atoms with E-state index in [0.717, 1.165) is 28.7 Å². The van der Waals surface area contributed by atoms with Crippen LogP contribution in [0.5, 0.6) is 5.75 Å². The topological polar surface area (TPSA) is 64.6 Å². The maximum atomic E-state index is 12.7. The van der Waals surface area contributed by atoms with E-state index in [4.69, 9.17) is 9.47 Å². The summed E-state index contributed by atoms with van der Waals surface area (Å²) in [4.78, 5) is 25.2. The first-order valence-electron chi connectivity index (χ1n) is 8.78. The normalized spacial score (nSPS) is 10.6. The van der Waals surface area contributed by atoms with Crippen molar-refractivity contribution in [1.29, 1.82) is 0 Å². The lowest BCUT2D eigenvalue weighted by Crippen LogP contribution is -2.14. The van der Waals surface area contributed by atoms with Crippen molar-refractivity contribution < 1.29 is 19.1 Å². The molecule has 6 heteroatoms. The third kappa shape index (κ3) is 4.28. The van der Waals surface area contributed by atoms with Gasteiger partial charge in [0.15, 0.2) is 0 Å². The van der Waals surface area contributed by atoms with E-state index in [-0.39, 0.29) is 5.91 Å². The summed E-state index contributed by atoms with van der Waals surface area (Å²) in [5, 5.41) is 3.68. The van der Waals surface area contributed by atoms with Gasteiger partial charge in [-0.25, -0.2) is 4.79 Å². The molecule has 3 rings (SSSR count). The summed E-state index contributed by atoms with van der Waals surface area (Å²) in [7, 11) is 1.33. The first-order chi connectivity index (χ1) is 13.1. The fourth-order valence-electron chi connectivity index (χ4n) is 2.63. The van der Waals surface area contributed by atoms with Crippen LogP contribution in [0.15, 0.2) is 48.5 Å². The van der Waals surface area contributed by atoms with E-state index in [2.05, 4.69) is 12.2 Å². The van der Waals surface area contributed by atoms with Gasteiger partial charge in [-0.05, 0) is 36.8 Å². The van der Waals surface area contributed by atoms with Crippen LogP contribution < -0.4 is 10.1 Å². The third-order valence-corrected chi connectivity index (χ3v) is 5.24. The number of fused-ring (bicyclic) bond motifs is 1. The molecule has 0 radical (unpaired) electrons. The second-order valence-corrected chi connectivity index (χ2v) is 7.03. The van der Waals surface area contributed by atoms with Crippen LogP contribution >= 0.6 is 11.3 Å². The van der Waals surface area contributed by atoms with E-state index < -0.39 is 5.97 Å². The van der Waals surface area contributed by atoms with Gasteiger partial charge in [-0.1, -0.05) is 31.5 Å². The van der Waals surface area contributed by atoms with Crippen LogP contribution in [0.2, 0.25) is 0 Å².